The van der Waals surface area contributed by atoms with Crippen LogP contribution in [0.15, 0.2) is 22.6 Å². The van der Waals surface area contributed by atoms with Crippen molar-refractivity contribution in [3.05, 3.63) is 29.7 Å². The Morgan fingerprint density at radius 2 is 2.23 bits per heavy atom. The lowest BCUT2D eigenvalue weighted by Crippen LogP contribution is -1.89. The van der Waals surface area contributed by atoms with E-state index in [0.29, 0.717) is 5.58 Å². The molecular weight excluding hydrogens is 166 g/mol. The van der Waals surface area contributed by atoms with E-state index in [1.807, 2.05) is 25.1 Å². The number of hydrogen-bond donors (Lipinski definition) is 0. The number of nitrogens with zero attached hydrogens (tertiary/aromatic N) is 1. The summed E-state index contributed by atoms with van der Waals surface area (Å²) in [5, 5.41) is 0. The third-order valence-electron chi connectivity index (χ3n) is 1.84. The highest BCUT2D eigenvalue weighted by molar-refractivity contribution is 5.92. The van der Waals surface area contributed by atoms with Gasteiger partial charge in [-0.25, -0.2) is 4.98 Å². The van der Waals surface area contributed by atoms with Gasteiger partial charge in [0, 0.05) is 6.92 Å². The van der Waals surface area contributed by atoms with E-state index in [2.05, 4.69) is 4.98 Å². The maximum atomic E-state index is 10.9. The first kappa shape index (κ1) is 7.98. The minimum absolute atomic E-state index is 0.145. The fraction of sp³-hybridized carbons (Fsp3) is 0.200. The topological polar surface area (TPSA) is 43.1 Å². The molecule has 2 rings (SSSR count). The van der Waals surface area contributed by atoms with Crippen molar-refractivity contribution in [1.29, 1.82) is 0 Å². The Labute approximate surface area is 75.4 Å². The highest BCUT2D eigenvalue weighted by Gasteiger charge is 2.08. The molecule has 13 heavy (non-hydrogen) atoms. The molecule has 0 saturated heterocycles. The number of benzene rings is 1. The van der Waals surface area contributed by atoms with Gasteiger partial charge in [0.1, 0.15) is 5.52 Å². The number of aromatic nitrogens is 1. The van der Waals surface area contributed by atoms with Gasteiger partial charge >= 0.3 is 0 Å². The van der Waals surface area contributed by atoms with Crippen molar-refractivity contribution < 1.29 is 9.21 Å². The molecule has 0 aliphatic rings. The largest absolute Gasteiger partial charge is 0.434 e. The normalized spacial score (nSPS) is 10.6. The lowest BCUT2D eigenvalue weighted by Gasteiger charge is -1.87. The highest BCUT2D eigenvalue weighted by Crippen LogP contribution is 2.16. The van der Waals surface area contributed by atoms with Crippen molar-refractivity contribution in [1.82, 2.24) is 4.98 Å². The summed E-state index contributed by atoms with van der Waals surface area (Å²) in [5.74, 6) is 0.0365. The van der Waals surface area contributed by atoms with Crippen molar-refractivity contribution in [2.75, 3.05) is 0 Å². The SMILES string of the molecule is CC(=O)c1nc2cc(C)ccc2o1. The first-order chi connectivity index (χ1) is 6.16. The highest BCUT2D eigenvalue weighted by atomic mass is 16.4. The van der Waals surface area contributed by atoms with Crippen molar-refractivity contribution >= 4 is 16.9 Å². The second-order valence-electron chi connectivity index (χ2n) is 3.05. The first-order valence-electron chi connectivity index (χ1n) is 4.05. The second kappa shape index (κ2) is 2.69. The van der Waals surface area contributed by atoms with Crippen LogP contribution in [0.2, 0.25) is 0 Å². The number of Topliss-reactive ketones (excluding diaryl/α,β-unsaturated/α-hetero) is 1. The Morgan fingerprint density at radius 1 is 1.46 bits per heavy atom. The van der Waals surface area contributed by atoms with Crippen LogP contribution in [0.1, 0.15) is 23.2 Å². The molecule has 1 aromatic carbocycles. The molecule has 1 aromatic heterocycles. The molecule has 0 amide bonds. The zero-order chi connectivity index (χ0) is 9.42. The molecule has 3 nitrogen and oxygen atoms in total. The Balaban J connectivity index is 2.68. The molecule has 0 spiro atoms. The van der Waals surface area contributed by atoms with Gasteiger partial charge in [-0.1, -0.05) is 6.07 Å². The first-order valence-corrected chi connectivity index (χ1v) is 4.05. The Morgan fingerprint density at radius 3 is 2.92 bits per heavy atom. The van der Waals surface area contributed by atoms with Crippen LogP contribution in [-0.4, -0.2) is 10.8 Å². The number of oxazole rings is 1. The molecule has 0 bridgehead atoms. The molecule has 0 atom stereocenters. The summed E-state index contributed by atoms with van der Waals surface area (Å²) in [6.07, 6.45) is 0. The van der Waals surface area contributed by atoms with Gasteiger partial charge in [0.25, 0.3) is 5.89 Å². The van der Waals surface area contributed by atoms with Crippen LogP contribution in [0.3, 0.4) is 0 Å². The summed E-state index contributed by atoms with van der Waals surface area (Å²) in [4.78, 5) is 15.0. The Bertz CT molecular complexity index is 471. The third kappa shape index (κ3) is 1.33. The van der Waals surface area contributed by atoms with E-state index in [1.54, 1.807) is 0 Å². The standard InChI is InChI=1S/C10H9NO2/c1-6-3-4-9-8(5-6)11-10(13-9)7(2)12/h3-5H,1-2H3. The molecule has 0 aliphatic heterocycles. The lowest BCUT2D eigenvalue weighted by molar-refractivity contribution is 0.0983. The molecule has 0 radical (unpaired) electrons. The molecular formula is C10H9NO2. The number of fused-ring (bicyclic) bond motifs is 1. The number of aryl methyl sites for hydroxylation is 1. The minimum Gasteiger partial charge on any atom is -0.434 e. The van der Waals surface area contributed by atoms with E-state index in [0.717, 1.165) is 11.1 Å². The zero-order valence-electron chi connectivity index (χ0n) is 7.50. The van der Waals surface area contributed by atoms with Gasteiger partial charge in [-0.15, -0.1) is 0 Å². The average molecular weight is 175 g/mol. The van der Waals surface area contributed by atoms with E-state index in [-0.39, 0.29) is 11.7 Å². The van der Waals surface area contributed by atoms with Crippen LogP contribution in [0.5, 0.6) is 0 Å². The van der Waals surface area contributed by atoms with Gasteiger partial charge in [-0.05, 0) is 24.6 Å². The molecule has 0 saturated carbocycles. The van der Waals surface area contributed by atoms with E-state index in [1.165, 1.54) is 6.92 Å². The smallest absolute Gasteiger partial charge is 0.263 e. The molecule has 3 heteroatoms. The quantitative estimate of drug-likeness (QED) is 0.625. The number of carbonyl (C=O) groups is 1. The summed E-state index contributed by atoms with van der Waals surface area (Å²) in [6, 6.07) is 5.65. The van der Waals surface area contributed by atoms with Crippen LogP contribution in [0.4, 0.5) is 0 Å². The van der Waals surface area contributed by atoms with Crippen LogP contribution in [0, 0.1) is 6.92 Å². The van der Waals surface area contributed by atoms with Gasteiger partial charge < -0.3 is 4.42 Å². The molecule has 0 fully saturated rings. The fourth-order valence-electron chi connectivity index (χ4n) is 1.19. The van der Waals surface area contributed by atoms with Crippen molar-refractivity contribution in [2.24, 2.45) is 0 Å². The molecule has 0 N–H and O–H groups in total. The van der Waals surface area contributed by atoms with E-state index in [4.69, 9.17) is 4.42 Å². The Kier molecular flexibility index (Phi) is 1.65. The number of carbonyl (C=O) groups excluding carboxylic acids is 1. The molecule has 2 aromatic rings. The third-order valence-corrected chi connectivity index (χ3v) is 1.84. The summed E-state index contributed by atoms with van der Waals surface area (Å²) < 4.78 is 5.22. The number of hydrogen-bond acceptors (Lipinski definition) is 3. The maximum absolute atomic E-state index is 10.9. The second-order valence-corrected chi connectivity index (χ2v) is 3.05. The van der Waals surface area contributed by atoms with Gasteiger partial charge in [0.2, 0.25) is 5.78 Å². The summed E-state index contributed by atoms with van der Waals surface area (Å²) in [5.41, 5.74) is 2.51. The summed E-state index contributed by atoms with van der Waals surface area (Å²) >= 11 is 0. The predicted octanol–water partition coefficient (Wildman–Crippen LogP) is 2.34. The molecule has 0 aliphatic carbocycles. The molecule has 1 heterocycles. The van der Waals surface area contributed by atoms with Gasteiger partial charge in [0.15, 0.2) is 5.58 Å². The van der Waals surface area contributed by atoms with Crippen molar-refractivity contribution in [3.8, 4) is 0 Å². The molecule has 66 valence electrons. The van der Waals surface area contributed by atoms with Crippen molar-refractivity contribution in [2.45, 2.75) is 13.8 Å². The predicted molar refractivity (Wildman–Crippen MR) is 48.8 cm³/mol. The zero-order valence-corrected chi connectivity index (χ0v) is 7.50. The number of rotatable bonds is 1. The summed E-state index contributed by atoms with van der Waals surface area (Å²) in [7, 11) is 0. The van der Waals surface area contributed by atoms with E-state index in [9.17, 15) is 4.79 Å². The lowest BCUT2D eigenvalue weighted by atomic mass is 10.2. The van der Waals surface area contributed by atoms with Crippen molar-refractivity contribution in [3.63, 3.8) is 0 Å². The molecule has 0 unspecified atom stereocenters. The summed E-state index contributed by atoms with van der Waals surface area (Å²) in [6.45, 7) is 3.42. The van der Waals surface area contributed by atoms with Gasteiger partial charge in [-0.2, -0.15) is 0 Å². The van der Waals surface area contributed by atoms with Crippen LogP contribution < -0.4 is 0 Å². The minimum atomic E-state index is -0.145. The van der Waals surface area contributed by atoms with Crippen LogP contribution in [-0.2, 0) is 0 Å². The van der Waals surface area contributed by atoms with Gasteiger partial charge in [-0.3, -0.25) is 4.79 Å². The Hall–Kier alpha value is -1.64. The fourth-order valence-corrected chi connectivity index (χ4v) is 1.19. The van der Waals surface area contributed by atoms with Gasteiger partial charge in [0.05, 0.1) is 0 Å². The van der Waals surface area contributed by atoms with E-state index >= 15 is 0 Å². The number of ketones is 1. The monoisotopic (exact) mass is 175 g/mol. The van der Waals surface area contributed by atoms with E-state index < -0.39 is 0 Å². The average Bonchev–Trinajstić information content (AvgIpc) is 2.46. The maximum Gasteiger partial charge on any atom is 0.263 e. The van der Waals surface area contributed by atoms with Crippen LogP contribution in [0.25, 0.3) is 11.1 Å². The van der Waals surface area contributed by atoms with Crippen LogP contribution >= 0.6 is 0 Å².